The van der Waals surface area contributed by atoms with Crippen molar-refractivity contribution in [2.45, 2.75) is 13.5 Å². The van der Waals surface area contributed by atoms with E-state index in [0.717, 1.165) is 21.1 Å². The highest BCUT2D eigenvalue weighted by molar-refractivity contribution is 9.10. The summed E-state index contributed by atoms with van der Waals surface area (Å²) in [5.74, 6) is 0. The fourth-order valence-electron chi connectivity index (χ4n) is 2.17. The van der Waals surface area contributed by atoms with Crippen molar-refractivity contribution >= 4 is 27.0 Å². The molecule has 3 rings (SSSR count). The topological polar surface area (TPSA) is 37.8 Å². The molecule has 1 heterocycles. The molecule has 0 radical (unpaired) electrons. The molecule has 0 bridgehead atoms. The summed E-state index contributed by atoms with van der Waals surface area (Å²) in [4.78, 5) is 14.9. The van der Waals surface area contributed by atoms with Crippen molar-refractivity contribution in [1.82, 2.24) is 9.55 Å². The Kier molecular flexibility index (Phi) is 3.03. The summed E-state index contributed by atoms with van der Waals surface area (Å²) < 4.78 is 2.72. The molecule has 96 valence electrons. The fourth-order valence-corrected chi connectivity index (χ4v) is 2.53. The predicted molar refractivity (Wildman–Crippen MR) is 80.5 cm³/mol. The first-order valence-electron chi connectivity index (χ1n) is 6.07. The quantitative estimate of drug-likeness (QED) is 0.772. The molecule has 0 amide bonds. The summed E-state index contributed by atoms with van der Waals surface area (Å²) in [6.45, 7) is 2.64. The zero-order valence-electron chi connectivity index (χ0n) is 10.5. The first-order chi connectivity index (χ1) is 9.13. The third-order valence-corrected chi connectivity index (χ3v) is 3.69. The van der Waals surface area contributed by atoms with Crippen molar-refractivity contribution in [2.75, 3.05) is 0 Å². The number of hydrogen-bond donors (Lipinski definition) is 1. The van der Waals surface area contributed by atoms with Gasteiger partial charge < -0.3 is 4.98 Å². The van der Waals surface area contributed by atoms with Gasteiger partial charge in [-0.1, -0.05) is 45.8 Å². The molecule has 19 heavy (non-hydrogen) atoms. The minimum Gasteiger partial charge on any atom is -0.305 e. The second kappa shape index (κ2) is 4.70. The highest BCUT2D eigenvalue weighted by atomic mass is 79.9. The number of aromatic amines is 1. The molecule has 0 unspecified atom stereocenters. The number of benzene rings is 2. The number of H-pyrrole nitrogens is 1. The second-order valence-corrected chi connectivity index (χ2v) is 5.58. The molecule has 0 saturated carbocycles. The zero-order chi connectivity index (χ0) is 13.4. The Hall–Kier alpha value is -1.81. The highest BCUT2D eigenvalue weighted by Crippen LogP contribution is 2.18. The molecule has 0 aliphatic rings. The van der Waals surface area contributed by atoms with Crippen LogP contribution in [0.15, 0.2) is 51.7 Å². The smallest absolute Gasteiger partial charge is 0.305 e. The third kappa shape index (κ3) is 2.36. The SMILES string of the molecule is Cc1ccc(Cn2c(=O)[nH]c3cc(Br)ccc32)cc1. The van der Waals surface area contributed by atoms with Crippen molar-refractivity contribution in [1.29, 1.82) is 0 Å². The molecule has 1 aromatic heterocycles. The number of aryl methyl sites for hydroxylation is 1. The zero-order valence-corrected chi connectivity index (χ0v) is 12.1. The number of nitrogens with zero attached hydrogens (tertiary/aromatic N) is 1. The van der Waals surface area contributed by atoms with Crippen molar-refractivity contribution in [3.63, 3.8) is 0 Å². The van der Waals surface area contributed by atoms with Crippen LogP contribution in [0.2, 0.25) is 0 Å². The van der Waals surface area contributed by atoms with Crippen LogP contribution in [0.3, 0.4) is 0 Å². The molecule has 4 heteroatoms. The lowest BCUT2D eigenvalue weighted by molar-refractivity contribution is 0.786. The number of nitrogens with one attached hydrogen (secondary N) is 1. The Labute approximate surface area is 119 Å². The second-order valence-electron chi connectivity index (χ2n) is 4.66. The summed E-state index contributed by atoms with van der Waals surface area (Å²) in [7, 11) is 0. The van der Waals surface area contributed by atoms with Gasteiger partial charge in [-0.15, -0.1) is 0 Å². The van der Waals surface area contributed by atoms with Crippen LogP contribution in [-0.2, 0) is 6.54 Å². The van der Waals surface area contributed by atoms with Gasteiger partial charge in [-0.2, -0.15) is 0 Å². The van der Waals surface area contributed by atoms with Crippen LogP contribution >= 0.6 is 15.9 Å². The van der Waals surface area contributed by atoms with E-state index in [9.17, 15) is 4.79 Å². The summed E-state index contributed by atoms with van der Waals surface area (Å²) in [6.07, 6.45) is 0. The molecule has 2 aromatic carbocycles. The molecule has 0 atom stereocenters. The van der Waals surface area contributed by atoms with E-state index >= 15 is 0 Å². The monoisotopic (exact) mass is 316 g/mol. The minimum absolute atomic E-state index is 0.0753. The van der Waals surface area contributed by atoms with Crippen LogP contribution in [-0.4, -0.2) is 9.55 Å². The van der Waals surface area contributed by atoms with E-state index in [2.05, 4.69) is 52.1 Å². The van der Waals surface area contributed by atoms with Gasteiger partial charge in [0, 0.05) is 4.47 Å². The van der Waals surface area contributed by atoms with Gasteiger partial charge in [0.05, 0.1) is 17.6 Å². The molecular formula is C15H13BrN2O. The van der Waals surface area contributed by atoms with Crippen molar-refractivity contribution < 1.29 is 0 Å². The standard InChI is InChI=1S/C15H13BrN2O/c1-10-2-4-11(5-3-10)9-18-14-7-6-12(16)8-13(14)17-15(18)19/h2-8H,9H2,1H3,(H,17,19). The first kappa shape index (κ1) is 12.2. The summed E-state index contributed by atoms with van der Waals surface area (Å²) in [6, 6.07) is 14.0. The lowest BCUT2D eigenvalue weighted by Gasteiger charge is -2.04. The van der Waals surface area contributed by atoms with Crippen molar-refractivity contribution in [2.24, 2.45) is 0 Å². The number of rotatable bonds is 2. The molecular weight excluding hydrogens is 304 g/mol. The van der Waals surface area contributed by atoms with Gasteiger partial charge in [-0.25, -0.2) is 4.79 Å². The number of fused-ring (bicyclic) bond motifs is 1. The number of imidazole rings is 1. The Bertz CT molecular complexity index is 784. The number of halogens is 1. The van der Waals surface area contributed by atoms with E-state index in [1.807, 2.05) is 18.2 Å². The Balaban J connectivity index is 2.07. The van der Waals surface area contributed by atoms with E-state index in [4.69, 9.17) is 0 Å². The lowest BCUT2D eigenvalue weighted by atomic mass is 10.1. The molecule has 1 N–H and O–H groups in total. The van der Waals surface area contributed by atoms with Crippen LogP contribution in [0.1, 0.15) is 11.1 Å². The average Bonchev–Trinajstić information content (AvgIpc) is 2.68. The maximum atomic E-state index is 12.0. The van der Waals surface area contributed by atoms with E-state index in [-0.39, 0.29) is 5.69 Å². The fraction of sp³-hybridized carbons (Fsp3) is 0.133. The van der Waals surface area contributed by atoms with Gasteiger partial charge in [0.2, 0.25) is 0 Å². The van der Waals surface area contributed by atoms with Crippen LogP contribution in [0, 0.1) is 6.92 Å². The predicted octanol–water partition coefficient (Wildman–Crippen LogP) is 3.45. The number of hydrogen-bond acceptors (Lipinski definition) is 1. The Morgan fingerprint density at radius 1 is 1.16 bits per heavy atom. The van der Waals surface area contributed by atoms with Crippen molar-refractivity contribution in [3.8, 4) is 0 Å². The molecule has 0 aliphatic carbocycles. The van der Waals surface area contributed by atoms with Gasteiger partial charge in [-0.3, -0.25) is 4.57 Å². The van der Waals surface area contributed by atoms with Gasteiger partial charge in [0.25, 0.3) is 0 Å². The van der Waals surface area contributed by atoms with Crippen LogP contribution in [0.5, 0.6) is 0 Å². The van der Waals surface area contributed by atoms with E-state index < -0.39 is 0 Å². The molecule has 0 fully saturated rings. The summed E-state index contributed by atoms with van der Waals surface area (Å²) >= 11 is 3.41. The van der Waals surface area contributed by atoms with Gasteiger partial charge in [0.1, 0.15) is 0 Å². The molecule has 0 saturated heterocycles. The maximum absolute atomic E-state index is 12.0. The third-order valence-electron chi connectivity index (χ3n) is 3.20. The Morgan fingerprint density at radius 2 is 1.89 bits per heavy atom. The van der Waals surface area contributed by atoms with Crippen LogP contribution < -0.4 is 5.69 Å². The first-order valence-corrected chi connectivity index (χ1v) is 6.86. The largest absolute Gasteiger partial charge is 0.326 e. The normalized spacial score (nSPS) is 11.1. The van der Waals surface area contributed by atoms with Crippen LogP contribution in [0.25, 0.3) is 11.0 Å². The van der Waals surface area contributed by atoms with Gasteiger partial charge in [-0.05, 0) is 30.7 Å². The van der Waals surface area contributed by atoms with Crippen molar-refractivity contribution in [3.05, 3.63) is 68.5 Å². The summed E-state index contributed by atoms with van der Waals surface area (Å²) in [5.41, 5.74) is 4.05. The molecule has 3 aromatic rings. The number of aromatic nitrogens is 2. The Morgan fingerprint density at radius 3 is 2.63 bits per heavy atom. The minimum atomic E-state index is -0.0753. The average molecular weight is 317 g/mol. The molecule has 3 nitrogen and oxygen atoms in total. The van der Waals surface area contributed by atoms with Crippen LogP contribution in [0.4, 0.5) is 0 Å². The highest BCUT2D eigenvalue weighted by Gasteiger charge is 2.07. The molecule has 0 aliphatic heterocycles. The summed E-state index contributed by atoms with van der Waals surface area (Å²) in [5, 5.41) is 0. The van der Waals surface area contributed by atoms with E-state index in [1.165, 1.54) is 5.56 Å². The lowest BCUT2D eigenvalue weighted by Crippen LogP contribution is -2.17. The van der Waals surface area contributed by atoms with E-state index in [0.29, 0.717) is 6.54 Å². The van der Waals surface area contributed by atoms with E-state index in [1.54, 1.807) is 4.57 Å². The van der Waals surface area contributed by atoms with Gasteiger partial charge >= 0.3 is 5.69 Å². The van der Waals surface area contributed by atoms with Gasteiger partial charge in [0.15, 0.2) is 0 Å². The maximum Gasteiger partial charge on any atom is 0.326 e. The molecule has 0 spiro atoms.